The number of carbonyl (C=O) groups is 4. The Morgan fingerprint density at radius 1 is 0.931 bits per heavy atom. The van der Waals surface area contributed by atoms with Crippen molar-refractivity contribution in [3.63, 3.8) is 0 Å². The number of benzene rings is 1. The lowest BCUT2D eigenvalue weighted by atomic mass is 9.94. The van der Waals surface area contributed by atoms with Crippen molar-refractivity contribution in [3.8, 4) is 5.75 Å². The highest BCUT2D eigenvalue weighted by molar-refractivity contribution is 6.04. The van der Waals surface area contributed by atoms with Crippen LogP contribution in [0.2, 0.25) is 0 Å². The van der Waals surface area contributed by atoms with E-state index in [1.165, 1.54) is 11.6 Å². The van der Waals surface area contributed by atoms with Gasteiger partial charge in [0, 0.05) is 69.2 Å². The number of hydrogen-bond acceptors (Lipinski definition) is 10. The van der Waals surface area contributed by atoms with E-state index >= 15 is 0 Å². The highest BCUT2D eigenvalue weighted by atomic mass is 19.4. The van der Waals surface area contributed by atoms with Crippen LogP contribution < -0.4 is 20.7 Å². The number of imide groups is 1. The molecule has 58 heavy (non-hydrogen) atoms. The van der Waals surface area contributed by atoms with Gasteiger partial charge >= 0.3 is 6.18 Å². The van der Waals surface area contributed by atoms with Crippen molar-refractivity contribution < 1.29 is 37.1 Å². The minimum Gasteiger partial charge on any atom is -0.489 e. The molecular weight excluding hydrogens is 756 g/mol. The number of imidazole rings is 1. The number of alkyl halides is 3. The zero-order valence-corrected chi connectivity index (χ0v) is 32.6. The van der Waals surface area contributed by atoms with Gasteiger partial charge in [-0.1, -0.05) is 18.2 Å². The van der Waals surface area contributed by atoms with Crippen LogP contribution in [0.3, 0.4) is 0 Å². The quantitative estimate of drug-likeness (QED) is 0.174. The smallest absolute Gasteiger partial charge is 0.433 e. The summed E-state index contributed by atoms with van der Waals surface area (Å²) in [5.41, 5.74) is 2.26. The summed E-state index contributed by atoms with van der Waals surface area (Å²) in [5.74, 6) is -0.691. The molecule has 14 nitrogen and oxygen atoms in total. The summed E-state index contributed by atoms with van der Waals surface area (Å²) >= 11 is 0. The monoisotopic (exact) mass is 803 g/mol. The molecule has 0 spiro atoms. The second kappa shape index (κ2) is 17.5. The molecule has 3 aliphatic rings. The van der Waals surface area contributed by atoms with Crippen LogP contribution in [0.15, 0.2) is 60.9 Å². The number of likely N-dealkylation sites (tertiary alicyclic amines) is 1. The number of carbonyl (C=O) groups excluding carboxylic acids is 4. The number of anilines is 2. The van der Waals surface area contributed by atoms with Gasteiger partial charge in [-0.05, 0) is 82.4 Å². The maximum Gasteiger partial charge on any atom is 0.433 e. The average molecular weight is 804 g/mol. The number of amides is 4. The molecule has 0 bridgehead atoms. The van der Waals surface area contributed by atoms with Crippen LogP contribution in [0.4, 0.5) is 24.5 Å². The Morgan fingerprint density at radius 2 is 1.67 bits per heavy atom. The summed E-state index contributed by atoms with van der Waals surface area (Å²) in [7, 11) is 0. The average Bonchev–Trinajstić information content (AvgIpc) is 3.61. The first-order chi connectivity index (χ1) is 27.8. The van der Waals surface area contributed by atoms with Gasteiger partial charge < -0.3 is 24.7 Å². The van der Waals surface area contributed by atoms with Crippen molar-refractivity contribution in [2.45, 2.75) is 70.2 Å². The van der Waals surface area contributed by atoms with Gasteiger partial charge in [-0.3, -0.25) is 34.3 Å². The second-order valence-electron chi connectivity index (χ2n) is 15.4. The van der Waals surface area contributed by atoms with Gasteiger partial charge in [-0.25, -0.2) is 9.97 Å². The van der Waals surface area contributed by atoms with Crippen LogP contribution >= 0.6 is 0 Å². The van der Waals surface area contributed by atoms with Crippen molar-refractivity contribution >= 4 is 40.7 Å². The molecule has 4 aromatic rings. The lowest BCUT2D eigenvalue weighted by Crippen LogP contribution is -2.52. The molecule has 1 atom stereocenters. The molecule has 0 saturated carbocycles. The molecule has 3 aromatic heterocycles. The molecular formula is C41H48F3N9O5. The third-order valence-corrected chi connectivity index (χ3v) is 10.8. The van der Waals surface area contributed by atoms with Crippen LogP contribution in [0.25, 0.3) is 5.65 Å². The highest BCUT2D eigenvalue weighted by Crippen LogP contribution is 2.33. The van der Waals surface area contributed by atoms with Crippen LogP contribution in [0.5, 0.6) is 5.75 Å². The summed E-state index contributed by atoms with van der Waals surface area (Å²) in [5, 5.41) is 8.24. The lowest BCUT2D eigenvalue weighted by Gasteiger charge is -2.37. The van der Waals surface area contributed by atoms with E-state index < -0.39 is 23.8 Å². The number of pyridine rings is 2. The highest BCUT2D eigenvalue weighted by Gasteiger charge is 2.33. The Labute approximate surface area is 334 Å². The number of rotatable bonds is 12. The third kappa shape index (κ3) is 10.1. The van der Waals surface area contributed by atoms with Gasteiger partial charge in [0.1, 0.15) is 34.5 Å². The van der Waals surface area contributed by atoms with Crippen LogP contribution in [0, 0.1) is 0 Å². The van der Waals surface area contributed by atoms with E-state index in [1.54, 1.807) is 16.7 Å². The third-order valence-electron chi connectivity index (χ3n) is 10.8. The Hall–Kier alpha value is -5.55. The summed E-state index contributed by atoms with van der Waals surface area (Å²) < 4.78 is 47.4. The maximum absolute atomic E-state index is 13.3. The minimum atomic E-state index is -4.68. The van der Waals surface area contributed by atoms with Crippen LogP contribution in [0.1, 0.15) is 72.9 Å². The predicted octanol–water partition coefficient (Wildman–Crippen LogP) is 4.57. The number of piperazine rings is 1. The molecule has 308 valence electrons. The number of nitrogens with zero attached hydrogens (tertiary/aromatic N) is 6. The van der Waals surface area contributed by atoms with Gasteiger partial charge in [-0.15, -0.1) is 0 Å². The van der Waals surface area contributed by atoms with Crippen molar-refractivity contribution in [2.24, 2.45) is 0 Å². The largest absolute Gasteiger partial charge is 0.489 e. The first-order valence-corrected chi connectivity index (χ1v) is 19.7. The first-order valence-electron chi connectivity index (χ1n) is 19.7. The van der Waals surface area contributed by atoms with Crippen molar-refractivity contribution in [1.29, 1.82) is 0 Å². The van der Waals surface area contributed by atoms with E-state index in [-0.39, 0.29) is 41.1 Å². The Kier molecular flexibility index (Phi) is 12.3. The van der Waals surface area contributed by atoms with E-state index in [2.05, 4.69) is 42.9 Å². The van der Waals surface area contributed by atoms with Gasteiger partial charge in [-0.2, -0.15) is 13.2 Å². The van der Waals surface area contributed by atoms with Crippen molar-refractivity contribution in [2.75, 3.05) is 63.0 Å². The first kappa shape index (κ1) is 40.6. The number of piperidine rings is 2. The van der Waals surface area contributed by atoms with E-state index in [0.717, 1.165) is 75.5 Å². The molecule has 1 aromatic carbocycles. The second-order valence-corrected chi connectivity index (χ2v) is 15.4. The fourth-order valence-electron chi connectivity index (χ4n) is 7.57. The number of halogens is 3. The Balaban J connectivity index is 0.866. The lowest BCUT2D eigenvalue weighted by molar-refractivity contribution is -0.141. The molecule has 1 unspecified atom stereocenters. The van der Waals surface area contributed by atoms with E-state index in [0.29, 0.717) is 43.9 Å². The predicted molar refractivity (Wildman–Crippen MR) is 210 cm³/mol. The topological polar surface area (TPSA) is 154 Å². The molecule has 3 fully saturated rings. The Bertz CT molecular complexity index is 2130. The molecule has 17 heteroatoms. The van der Waals surface area contributed by atoms with Crippen molar-refractivity contribution in [1.82, 2.24) is 34.4 Å². The molecule has 3 saturated heterocycles. The fourth-order valence-corrected chi connectivity index (χ4v) is 7.57. The zero-order chi connectivity index (χ0) is 41.0. The van der Waals surface area contributed by atoms with Gasteiger partial charge in [0.2, 0.25) is 17.7 Å². The maximum atomic E-state index is 13.3. The normalized spacial score (nSPS) is 18.7. The molecule has 7 rings (SSSR count). The van der Waals surface area contributed by atoms with Crippen LogP contribution in [-0.4, -0.2) is 117 Å². The summed E-state index contributed by atoms with van der Waals surface area (Å²) in [6, 6.07) is 12.5. The fraction of sp³-hybridized carbons (Fsp3) is 0.463. The van der Waals surface area contributed by atoms with E-state index in [1.807, 2.05) is 37.1 Å². The molecule has 0 aliphatic carbocycles. The molecule has 4 amide bonds. The number of hydrogen-bond donors (Lipinski definition) is 3. The SMILES string of the molecule is CC(C)Oc1cc2nc(C3CCN(CC(=O)N4CCN(CCc5ccc(NC6CCC(=O)NC6=O)cc5)CC4)CC3)cn2cc1NC(=O)c1cccc(C(F)(F)F)n1. The molecule has 3 aliphatic heterocycles. The molecule has 6 heterocycles. The summed E-state index contributed by atoms with van der Waals surface area (Å²) in [6.07, 6.45) is 1.93. The number of aromatic nitrogens is 3. The van der Waals surface area contributed by atoms with Crippen molar-refractivity contribution in [3.05, 3.63) is 83.6 Å². The minimum absolute atomic E-state index is 0.137. The Morgan fingerprint density at radius 3 is 2.36 bits per heavy atom. The summed E-state index contributed by atoms with van der Waals surface area (Å²) in [6.45, 7) is 9.42. The van der Waals surface area contributed by atoms with Crippen LogP contribution in [-0.2, 0) is 27.0 Å². The zero-order valence-electron chi connectivity index (χ0n) is 32.6. The molecule has 0 radical (unpaired) electrons. The number of fused-ring (bicyclic) bond motifs is 1. The van der Waals surface area contributed by atoms with Gasteiger partial charge in [0.05, 0.1) is 18.3 Å². The number of nitrogens with one attached hydrogen (secondary N) is 3. The standard InChI is InChI=1S/C41H48F3N9O5/c1-26(2)58-34-22-36-47-32(23-53(36)24-33(34)48-39(56)30-4-3-5-35(46-30)41(42,43)44)28-13-16-51(17-14-28)25-38(55)52-20-18-50(19-21-52)15-12-27-6-8-29(9-7-27)45-31-10-11-37(54)49-40(31)57/h3-9,22-24,26,28,31,45H,10-21,25H2,1-2H3,(H,48,56)(H,49,54,57). The van der Waals surface area contributed by atoms with E-state index in [9.17, 15) is 32.3 Å². The molecule has 3 N–H and O–H groups in total. The van der Waals surface area contributed by atoms with Gasteiger partial charge in [0.15, 0.2) is 0 Å². The van der Waals surface area contributed by atoms with E-state index in [4.69, 9.17) is 9.72 Å². The summed E-state index contributed by atoms with van der Waals surface area (Å²) in [4.78, 5) is 64.7. The number of ether oxygens (including phenoxy) is 1. The van der Waals surface area contributed by atoms with Gasteiger partial charge in [0.25, 0.3) is 5.91 Å².